The fourth-order valence-electron chi connectivity index (χ4n) is 0.768. The molecule has 0 aliphatic rings. The molecule has 0 aliphatic heterocycles. The summed E-state index contributed by atoms with van der Waals surface area (Å²) in [6.07, 6.45) is 0. The van der Waals surface area contributed by atoms with Crippen molar-refractivity contribution >= 4 is 15.9 Å². The molecule has 0 atom stereocenters. The Kier molecular flexibility index (Phi) is 3.02. The predicted octanol–water partition coefficient (Wildman–Crippen LogP) is 0.841. The van der Waals surface area contributed by atoms with Gasteiger partial charge in [0.05, 0.1) is 5.69 Å². The van der Waals surface area contributed by atoms with Gasteiger partial charge in [-0.15, -0.1) is 0 Å². The lowest BCUT2D eigenvalue weighted by Gasteiger charge is -2.06. The minimum absolute atomic E-state index is 0.305. The molecule has 0 amide bonds. The van der Waals surface area contributed by atoms with Crippen LogP contribution in [0.25, 0.3) is 0 Å². The molecule has 78 valence electrons. The highest BCUT2D eigenvalue weighted by atomic mass is 32.2. The summed E-state index contributed by atoms with van der Waals surface area (Å²) in [6.45, 7) is 0. The highest BCUT2D eigenvalue weighted by molar-refractivity contribution is 7.90. The van der Waals surface area contributed by atoms with Gasteiger partial charge in [-0.2, -0.15) is 8.42 Å². The first-order valence-corrected chi connectivity index (χ1v) is 5.09. The summed E-state index contributed by atoms with van der Waals surface area (Å²) in [7, 11) is -2.60. The van der Waals surface area contributed by atoms with E-state index in [-0.39, 0.29) is 5.69 Å². The Morgan fingerprint density at radius 2 is 1.93 bits per heavy atom. The van der Waals surface area contributed by atoms with Crippen molar-refractivity contribution in [1.82, 2.24) is 4.72 Å². The molecule has 0 aliphatic carbocycles. The minimum Gasteiger partial charge on any atom is -0.268 e. The topological polar surface area (TPSA) is 58.2 Å². The molecule has 0 saturated heterocycles. The summed E-state index contributed by atoms with van der Waals surface area (Å²) in [5, 5.41) is 0. The maximum atomic E-state index is 12.9. The van der Waals surface area contributed by atoms with Crippen LogP contribution < -0.4 is 9.44 Å². The van der Waals surface area contributed by atoms with Gasteiger partial charge in [0, 0.05) is 13.1 Å². The van der Waals surface area contributed by atoms with Gasteiger partial charge < -0.3 is 0 Å². The third kappa shape index (κ3) is 2.64. The molecule has 1 aromatic rings. The number of benzene rings is 1. The SMILES string of the molecule is CNS(=O)(=O)Nc1ccc(F)cc1F. The van der Waals surface area contributed by atoms with Gasteiger partial charge >= 0.3 is 0 Å². The zero-order chi connectivity index (χ0) is 10.8. The Labute approximate surface area is 80.1 Å². The van der Waals surface area contributed by atoms with E-state index in [2.05, 4.69) is 0 Å². The molecule has 0 unspecified atom stereocenters. The molecular weight excluding hydrogens is 214 g/mol. The number of nitrogens with one attached hydrogen (secondary N) is 2. The van der Waals surface area contributed by atoms with Crippen LogP contribution in [0.1, 0.15) is 0 Å². The molecule has 1 rings (SSSR count). The predicted molar refractivity (Wildman–Crippen MR) is 48.0 cm³/mol. The summed E-state index contributed by atoms with van der Waals surface area (Å²) >= 11 is 0. The van der Waals surface area contributed by atoms with Gasteiger partial charge in [0.25, 0.3) is 10.2 Å². The lowest BCUT2D eigenvalue weighted by molar-refractivity contribution is 0.581. The number of anilines is 1. The molecule has 2 N–H and O–H groups in total. The molecule has 0 fully saturated rings. The molecule has 1 aromatic carbocycles. The van der Waals surface area contributed by atoms with Crippen LogP contribution in [0.2, 0.25) is 0 Å². The van der Waals surface area contributed by atoms with Crippen LogP contribution in [0.15, 0.2) is 18.2 Å². The van der Waals surface area contributed by atoms with Gasteiger partial charge in [-0.25, -0.2) is 13.5 Å². The number of hydrogen-bond acceptors (Lipinski definition) is 2. The van der Waals surface area contributed by atoms with E-state index >= 15 is 0 Å². The molecule has 0 bridgehead atoms. The van der Waals surface area contributed by atoms with E-state index < -0.39 is 21.8 Å². The number of rotatable bonds is 3. The van der Waals surface area contributed by atoms with E-state index in [4.69, 9.17) is 0 Å². The van der Waals surface area contributed by atoms with Crippen LogP contribution in [0.4, 0.5) is 14.5 Å². The Bertz CT molecular complexity index is 433. The first kappa shape index (κ1) is 10.9. The summed E-state index contributed by atoms with van der Waals surface area (Å²) in [5.41, 5.74) is -0.305. The van der Waals surface area contributed by atoms with Crippen LogP contribution >= 0.6 is 0 Å². The average Bonchev–Trinajstić information content (AvgIpc) is 2.10. The molecule has 0 aromatic heterocycles. The summed E-state index contributed by atoms with van der Waals surface area (Å²) in [5.74, 6) is -1.74. The number of hydrogen-bond donors (Lipinski definition) is 2. The zero-order valence-electron chi connectivity index (χ0n) is 7.21. The van der Waals surface area contributed by atoms with Crippen molar-refractivity contribution in [2.75, 3.05) is 11.8 Å². The maximum absolute atomic E-state index is 12.9. The van der Waals surface area contributed by atoms with Gasteiger partial charge in [0.15, 0.2) is 0 Å². The number of halogens is 2. The Balaban J connectivity index is 2.99. The Hall–Kier alpha value is -1.21. The minimum atomic E-state index is -3.77. The highest BCUT2D eigenvalue weighted by Crippen LogP contribution is 2.15. The van der Waals surface area contributed by atoms with Crippen LogP contribution in [-0.4, -0.2) is 15.5 Å². The molecule has 0 saturated carbocycles. The largest absolute Gasteiger partial charge is 0.298 e. The van der Waals surface area contributed by atoms with Crippen LogP contribution in [0.5, 0.6) is 0 Å². The van der Waals surface area contributed by atoms with E-state index in [1.54, 1.807) is 0 Å². The quantitative estimate of drug-likeness (QED) is 0.796. The molecule has 0 spiro atoms. The second kappa shape index (κ2) is 3.89. The molecule has 0 heterocycles. The third-order valence-corrected chi connectivity index (χ3v) is 2.47. The molecular formula is C7H8F2N2O2S. The summed E-state index contributed by atoms with van der Waals surface area (Å²) in [6, 6.07) is 2.55. The fourth-order valence-corrected chi connectivity index (χ4v) is 1.33. The molecule has 14 heavy (non-hydrogen) atoms. The van der Waals surface area contributed by atoms with Gasteiger partial charge in [0.1, 0.15) is 11.6 Å². The Morgan fingerprint density at radius 3 is 2.43 bits per heavy atom. The fraction of sp³-hybridized carbons (Fsp3) is 0.143. The van der Waals surface area contributed by atoms with Gasteiger partial charge in [-0.05, 0) is 12.1 Å². The van der Waals surface area contributed by atoms with Gasteiger partial charge in [-0.3, -0.25) is 4.72 Å². The lowest BCUT2D eigenvalue weighted by atomic mass is 10.3. The average molecular weight is 222 g/mol. The van der Waals surface area contributed by atoms with E-state index in [9.17, 15) is 17.2 Å². The lowest BCUT2D eigenvalue weighted by Crippen LogP contribution is -2.26. The second-order valence-electron chi connectivity index (χ2n) is 2.43. The molecule has 7 heteroatoms. The zero-order valence-corrected chi connectivity index (χ0v) is 8.03. The first-order valence-electron chi connectivity index (χ1n) is 3.61. The maximum Gasteiger partial charge on any atom is 0.298 e. The van der Waals surface area contributed by atoms with Crippen LogP contribution in [0.3, 0.4) is 0 Å². The van der Waals surface area contributed by atoms with E-state index in [1.165, 1.54) is 7.05 Å². The second-order valence-corrected chi connectivity index (χ2v) is 4.05. The van der Waals surface area contributed by atoms with Gasteiger partial charge in [0.2, 0.25) is 0 Å². The summed E-state index contributed by atoms with van der Waals surface area (Å²) in [4.78, 5) is 0. The van der Waals surface area contributed by atoms with Crippen LogP contribution in [-0.2, 0) is 10.2 Å². The third-order valence-electron chi connectivity index (χ3n) is 1.44. The van der Waals surface area contributed by atoms with Crippen molar-refractivity contribution in [3.63, 3.8) is 0 Å². The van der Waals surface area contributed by atoms with Crippen molar-refractivity contribution in [2.45, 2.75) is 0 Å². The van der Waals surface area contributed by atoms with E-state index in [1.807, 2.05) is 9.44 Å². The summed E-state index contributed by atoms with van der Waals surface area (Å²) < 4.78 is 51.0. The van der Waals surface area contributed by atoms with Crippen LogP contribution in [0, 0.1) is 11.6 Å². The van der Waals surface area contributed by atoms with E-state index in [0.717, 1.165) is 12.1 Å². The molecule has 4 nitrogen and oxygen atoms in total. The standard InChI is InChI=1S/C7H8F2N2O2S/c1-10-14(12,13)11-7-3-2-5(8)4-6(7)9/h2-4,10-11H,1H3. The normalized spacial score (nSPS) is 11.4. The van der Waals surface area contributed by atoms with Crippen molar-refractivity contribution in [1.29, 1.82) is 0 Å². The Morgan fingerprint density at radius 1 is 1.29 bits per heavy atom. The van der Waals surface area contributed by atoms with Gasteiger partial charge in [-0.1, -0.05) is 0 Å². The van der Waals surface area contributed by atoms with Crippen molar-refractivity contribution in [3.05, 3.63) is 29.8 Å². The highest BCUT2D eigenvalue weighted by Gasteiger charge is 2.10. The monoisotopic (exact) mass is 222 g/mol. The van der Waals surface area contributed by atoms with Crippen molar-refractivity contribution in [3.8, 4) is 0 Å². The van der Waals surface area contributed by atoms with E-state index in [0.29, 0.717) is 6.07 Å². The smallest absolute Gasteiger partial charge is 0.268 e. The van der Waals surface area contributed by atoms with Crippen molar-refractivity contribution < 1.29 is 17.2 Å². The first-order chi connectivity index (χ1) is 6.44. The van der Waals surface area contributed by atoms with Crippen molar-refractivity contribution in [2.24, 2.45) is 0 Å². The molecule has 0 radical (unpaired) electrons.